The van der Waals surface area contributed by atoms with Crippen LogP contribution in [-0.4, -0.2) is 58.3 Å². The van der Waals surface area contributed by atoms with E-state index in [9.17, 15) is 14.7 Å². The van der Waals surface area contributed by atoms with Crippen molar-refractivity contribution in [1.29, 1.82) is 0 Å². The lowest BCUT2D eigenvalue weighted by Gasteiger charge is -2.37. The molecule has 2 amide bonds. The second kappa shape index (κ2) is 9.05. The van der Waals surface area contributed by atoms with Crippen molar-refractivity contribution in [2.45, 2.75) is 56.8 Å². The molecule has 8 heteroatoms. The zero-order valence-electron chi connectivity index (χ0n) is 14.8. The van der Waals surface area contributed by atoms with Gasteiger partial charge in [-0.2, -0.15) is 0 Å². The summed E-state index contributed by atoms with van der Waals surface area (Å²) in [5.74, 6) is -0.0559. The maximum atomic E-state index is 12.1. The zero-order valence-corrected chi connectivity index (χ0v) is 14.8. The molecule has 142 valence electrons. The largest absolute Gasteiger partial charge is 0.394 e. The summed E-state index contributed by atoms with van der Waals surface area (Å²) in [6.07, 6.45) is 9.19. The second-order valence-electron chi connectivity index (χ2n) is 6.93. The first kappa shape index (κ1) is 18.7. The number of hydrogen-bond acceptors (Lipinski definition) is 6. The Morgan fingerprint density at radius 2 is 2.08 bits per heavy atom. The van der Waals surface area contributed by atoms with Crippen LogP contribution in [0, 0.1) is 5.92 Å². The molecule has 0 bridgehead atoms. The van der Waals surface area contributed by atoms with Crippen molar-refractivity contribution in [3.8, 4) is 0 Å². The van der Waals surface area contributed by atoms with Crippen LogP contribution in [0.3, 0.4) is 0 Å². The lowest BCUT2D eigenvalue weighted by Crippen LogP contribution is -2.53. The van der Waals surface area contributed by atoms with Crippen molar-refractivity contribution in [2.75, 3.05) is 13.2 Å². The van der Waals surface area contributed by atoms with E-state index in [0.717, 1.165) is 32.1 Å². The average molecular weight is 362 g/mol. The number of carbonyl (C=O) groups excluding carboxylic acids is 2. The number of nitrogens with zero attached hydrogens (tertiary/aromatic N) is 2. The number of rotatable bonds is 7. The van der Waals surface area contributed by atoms with E-state index in [-0.39, 0.29) is 42.2 Å². The van der Waals surface area contributed by atoms with Crippen molar-refractivity contribution in [3.05, 3.63) is 24.3 Å². The number of aliphatic hydroxyl groups is 1. The summed E-state index contributed by atoms with van der Waals surface area (Å²) < 4.78 is 5.92. The van der Waals surface area contributed by atoms with Crippen LogP contribution in [0.2, 0.25) is 0 Å². The fourth-order valence-electron chi connectivity index (χ4n) is 3.33. The summed E-state index contributed by atoms with van der Waals surface area (Å²) in [5.41, 5.74) is 0.282. The molecule has 3 atom stereocenters. The lowest BCUT2D eigenvalue weighted by atomic mass is 9.84. The first-order chi connectivity index (χ1) is 12.7. The highest BCUT2D eigenvalue weighted by Gasteiger charge is 2.34. The van der Waals surface area contributed by atoms with Gasteiger partial charge in [0.15, 0.2) is 0 Å². The monoisotopic (exact) mass is 362 g/mol. The Bertz CT molecular complexity index is 608. The third-order valence-corrected chi connectivity index (χ3v) is 5.15. The van der Waals surface area contributed by atoms with Gasteiger partial charge >= 0.3 is 0 Å². The van der Waals surface area contributed by atoms with Gasteiger partial charge in [-0.25, -0.2) is 4.98 Å². The van der Waals surface area contributed by atoms with Gasteiger partial charge in [-0.15, -0.1) is 0 Å². The predicted octanol–water partition coefficient (Wildman–Crippen LogP) is 0.421. The summed E-state index contributed by atoms with van der Waals surface area (Å²) in [6.45, 7) is 0.329. The fraction of sp³-hybridized carbons (Fsp3) is 0.667. The molecule has 0 aromatic carbocycles. The van der Waals surface area contributed by atoms with E-state index in [2.05, 4.69) is 20.6 Å². The third-order valence-electron chi connectivity index (χ3n) is 5.15. The van der Waals surface area contributed by atoms with E-state index < -0.39 is 6.10 Å². The molecule has 2 aliphatic rings. The Labute approximate surface area is 152 Å². The number of nitrogens with one attached hydrogen (secondary N) is 2. The number of hydrogen-bond donors (Lipinski definition) is 3. The van der Waals surface area contributed by atoms with Crippen molar-refractivity contribution in [2.24, 2.45) is 5.92 Å². The van der Waals surface area contributed by atoms with Crippen molar-refractivity contribution < 1.29 is 19.4 Å². The minimum Gasteiger partial charge on any atom is -0.394 e. The Balaban J connectivity index is 1.40. The van der Waals surface area contributed by atoms with Gasteiger partial charge in [0, 0.05) is 24.9 Å². The quantitative estimate of drug-likeness (QED) is 0.648. The molecule has 8 nitrogen and oxygen atoms in total. The molecule has 1 aliphatic heterocycles. The van der Waals surface area contributed by atoms with Gasteiger partial charge in [0.2, 0.25) is 5.91 Å². The summed E-state index contributed by atoms with van der Waals surface area (Å²) in [6, 6.07) is -0.140. The van der Waals surface area contributed by atoms with Crippen LogP contribution in [0.25, 0.3) is 0 Å². The zero-order chi connectivity index (χ0) is 18.4. The van der Waals surface area contributed by atoms with E-state index in [1.165, 1.54) is 18.6 Å². The topological polar surface area (TPSA) is 113 Å². The predicted molar refractivity (Wildman–Crippen MR) is 93.2 cm³/mol. The maximum absolute atomic E-state index is 12.1. The molecule has 1 saturated carbocycles. The molecule has 0 radical (unpaired) electrons. The summed E-state index contributed by atoms with van der Waals surface area (Å²) in [5, 5.41) is 15.4. The van der Waals surface area contributed by atoms with Gasteiger partial charge in [-0.05, 0) is 32.1 Å². The highest BCUT2D eigenvalue weighted by molar-refractivity contribution is 5.91. The summed E-state index contributed by atoms with van der Waals surface area (Å²) >= 11 is 0. The Morgan fingerprint density at radius 3 is 2.73 bits per heavy atom. The van der Waals surface area contributed by atoms with E-state index >= 15 is 0 Å². The molecule has 0 spiro atoms. The number of aliphatic hydroxyl groups excluding tert-OH is 1. The maximum Gasteiger partial charge on any atom is 0.271 e. The molecule has 3 N–H and O–H groups in total. The molecule has 1 aromatic heterocycles. The van der Waals surface area contributed by atoms with Crippen molar-refractivity contribution >= 4 is 11.8 Å². The van der Waals surface area contributed by atoms with Crippen LogP contribution in [0.1, 0.15) is 49.0 Å². The van der Waals surface area contributed by atoms with Gasteiger partial charge in [-0.1, -0.05) is 6.42 Å². The number of carbonyl (C=O) groups is 2. The minimum absolute atomic E-state index is 0.0498. The molecule has 3 rings (SSSR count). The molecular formula is C18H26N4O4. The van der Waals surface area contributed by atoms with Crippen LogP contribution in [-0.2, 0) is 9.53 Å². The Hall–Kier alpha value is -2.06. The fourth-order valence-corrected chi connectivity index (χ4v) is 3.33. The smallest absolute Gasteiger partial charge is 0.271 e. The average Bonchev–Trinajstić information content (AvgIpc) is 2.62. The highest BCUT2D eigenvalue weighted by atomic mass is 16.5. The minimum atomic E-state index is -0.395. The lowest BCUT2D eigenvalue weighted by molar-refractivity contribution is -0.134. The van der Waals surface area contributed by atoms with Crippen LogP contribution >= 0.6 is 0 Å². The van der Waals surface area contributed by atoms with E-state index in [1.54, 1.807) is 0 Å². The van der Waals surface area contributed by atoms with Crippen LogP contribution in [0.4, 0.5) is 0 Å². The molecule has 2 fully saturated rings. The second-order valence-corrected chi connectivity index (χ2v) is 6.93. The Morgan fingerprint density at radius 1 is 1.23 bits per heavy atom. The molecule has 1 saturated heterocycles. The van der Waals surface area contributed by atoms with E-state index in [1.807, 2.05) is 0 Å². The number of ether oxygens (including phenoxy) is 1. The first-order valence-corrected chi connectivity index (χ1v) is 9.28. The van der Waals surface area contributed by atoms with Gasteiger partial charge in [-0.3, -0.25) is 14.6 Å². The molecule has 2 heterocycles. The number of amides is 2. The number of aromatic nitrogens is 2. The van der Waals surface area contributed by atoms with Gasteiger partial charge < -0.3 is 20.5 Å². The first-order valence-electron chi connectivity index (χ1n) is 9.28. The molecule has 0 unspecified atom stereocenters. The molecule has 26 heavy (non-hydrogen) atoms. The van der Waals surface area contributed by atoms with Crippen LogP contribution < -0.4 is 10.6 Å². The van der Waals surface area contributed by atoms with Gasteiger partial charge in [0.05, 0.1) is 24.9 Å². The highest BCUT2D eigenvalue weighted by Crippen LogP contribution is 2.28. The van der Waals surface area contributed by atoms with Gasteiger partial charge in [0.1, 0.15) is 11.8 Å². The van der Waals surface area contributed by atoms with Gasteiger partial charge in [0.25, 0.3) is 5.91 Å². The summed E-state index contributed by atoms with van der Waals surface area (Å²) in [7, 11) is 0. The van der Waals surface area contributed by atoms with Crippen LogP contribution in [0.15, 0.2) is 18.6 Å². The summed E-state index contributed by atoms with van der Waals surface area (Å²) in [4.78, 5) is 31.9. The van der Waals surface area contributed by atoms with Crippen molar-refractivity contribution in [1.82, 2.24) is 20.6 Å². The molecule has 1 aromatic rings. The van der Waals surface area contributed by atoms with E-state index in [0.29, 0.717) is 13.0 Å². The SMILES string of the molecule is O=C(NCC[C@H]1CC[C@H](NC(=O)C2CCC2)[C@@H](CO)O1)c1cnccn1. The molecular weight excluding hydrogens is 336 g/mol. The van der Waals surface area contributed by atoms with Crippen LogP contribution in [0.5, 0.6) is 0 Å². The Kier molecular flexibility index (Phi) is 6.51. The normalized spacial score (nSPS) is 26.0. The molecule has 1 aliphatic carbocycles. The standard InChI is InChI=1S/C18H26N4O4/c23-11-16-14(22-17(24)12-2-1-3-12)5-4-13(26-16)6-7-21-18(25)15-10-19-8-9-20-15/h8-10,12-14,16,23H,1-7,11H2,(H,21,25)(H,22,24)/t13-,14+,16-/m1/s1. The third kappa shape index (κ3) is 4.76. The van der Waals surface area contributed by atoms with Crippen molar-refractivity contribution in [3.63, 3.8) is 0 Å². The van der Waals surface area contributed by atoms with E-state index in [4.69, 9.17) is 4.74 Å².